The molecular formula is C12H14BrClN2O3S. The number of nitrogens with two attached hydrogens (primary N) is 1. The summed E-state index contributed by atoms with van der Waals surface area (Å²) < 4.78 is 23.1. The third-order valence-corrected chi connectivity index (χ3v) is 5.96. The molecule has 20 heavy (non-hydrogen) atoms. The Labute approximate surface area is 131 Å². The molecular weight excluding hydrogens is 368 g/mol. The molecule has 2 rings (SSSR count). The smallest absolute Gasteiger partial charge is 0.251 e. The molecule has 0 bridgehead atoms. The molecule has 0 radical (unpaired) electrons. The van der Waals surface area contributed by atoms with E-state index in [1.807, 2.05) is 13.8 Å². The molecule has 0 aromatic heterocycles. The summed E-state index contributed by atoms with van der Waals surface area (Å²) in [5, 5.41) is 8.06. The van der Waals surface area contributed by atoms with Crippen molar-refractivity contribution in [3.8, 4) is 0 Å². The molecule has 1 amide bonds. The first-order chi connectivity index (χ1) is 9.02. The van der Waals surface area contributed by atoms with E-state index in [1.54, 1.807) is 0 Å². The largest absolute Gasteiger partial charge is 0.349 e. The second-order valence-corrected chi connectivity index (χ2v) is 8.26. The molecule has 110 valence electrons. The van der Waals surface area contributed by atoms with Gasteiger partial charge in [0.1, 0.15) is 0 Å². The van der Waals surface area contributed by atoms with Crippen LogP contribution in [0.3, 0.4) is 0 Å². The lowest BCUT2D eigenvalue weighted by molar-refractivity contribution is 0.0946. The van der Waals surface area contributed by atoms with Gasteiger partial charge in [-0.2, -0.15) is 0 Å². The van der Waals surface area contributed by atoms with Crippen molar-refractivity contribution >= 4 is 43.5 Å². The fourth-order valence-corrected chi connectivity index (χ4v) is 3.69. The highest BCUT2D eigenvalue weighted by molar-refractivity contribution is 9.10. The minimum Gasteiger partial charge on any atom is -0.349 e. The number of carbonyl (C=O) groups is 1. The van der Waals surface area contributed by atoms with Crippen molar-refractivity contribution in [2.24, 2.45) is 10.6 Å². The van der Waals surface area contributed by atoms with Gasteiger partial charge >= 0.3 is 0 Å². The maximum Gasteiger partial charge on any atom is 0.251 e. The average Bonchev–Trinajstić information content (AvgIpc) is 2.87. The highest BCUT2D eigenvalue weighted by Crippen LogP contribution is 2.44. The topological polar surface area (TPSA) is 89.3 Å². The Hall–Kier alpha value is -0.630. The minimum atomic E-state index is -3.96. The van der Waals surface area contributed by atoms with Crippen LogP contribution in [-0.4, -0.2) is 20.4 Å². The van der Waals surface area contributed by atoms with Gasteiger partial charge in [0.25, 0.3) is 5.91 Å². The molecule has 0 heterocycles. The maximum atomic E-state index is 12.1. The van der Waals surface area contributed by atoms with Crippen molar-refractivity contribution in [1.82, 2.24) is 5.32 Å². The van der Waals surface area contributed by atoms with Crippen LogP contribution in [-0.2, 0) is 10.0 Å². The fraction of sp³-hybridized carbons (Fsp3) is 0.417. The summed E-state index contributed by atoms with van der Waals surface area (Å²) in [6.07, 6.45) is 0.894. The summed E-state index contributed by atoms with van der Waals surface area (Å²) >= 11 is 8.99. The van der Waals surface area contributed by atoms with Crippen LogP contribution >= 0.6 is 27.5 Å². The highest BCUT2D eigenvalue weighted by Gasteiger charge is 2.46. The van der Waals surface area contributed by atoms with Gasteiger partial charge in [0.05, 0.1) is 14.4 Å². The van der Waals surface area contributed by atoms with E-state index in [9.17, 15) is 13.2 Å². The van der Waals surface area contributed by atoms with Crippen molar-refractivity contribution in [2.75, 3.05) is 0 Å². The number of amides is 1. The van der Waals surface area contributed by atoms with Gasteiger partial charge < -0.3 is 5.32 Å². The Morgan fingerprint density at radius 2 is 2.05 bits per heavy atom. The van der Waals surface area contributed by atoms with E-state index < -0.39 is 10.0 Å². The summed E-state index contributed by atoms with van der Waals surface area (Å²) in [7, 11) is -3.96. The van der Waals surface area contributed by atoms with Crippen molar-refractivity contribution < 1.29 is 13.2 Å². The Bertz CT molecular complexity index is 688. The van der Waals surface area contributed by atoms with Crippen LogP contribution in [0.5, 0.6) is 0 Å². The van der Waals surface area contributed by atoms with Crippen LogP contribution in [0.15, 0.2) is 21.5 Å². The van der Waals surface area contributed by atoms with E-state index in [-0.39, 0.29) is 37.3 Å². The number of primary sulfonamides is 1. The summed E-state index contributed by atoms with van der Waals surface area (Å²) in [6.45, 7) is 4.09. The van der Waals surface area contributed by atoms with Crippen LogP contribution in [0.4, 0.5) is 0 Å². The second kappa shape index (κ2) is 4.98. The van der Waals surface area contributed by atoms with Gasteiger partial charge in [-0.25, -0.2) is 13.6 Å². The normalized spacial score (nSPS) is 20.6. The molecule has 1 aromatic rings. The molecule has 1 aliphatic rings. The first-order valence-corrected chi connectivity index (χ1v) is 8.57. The van der Waals surface area contributed by atoms with E-state index in [1.165, 1.54) is 12.1 Å². The van der Waals surface area contributed by atoms with Gasteiger partial charge in [-0.3, -0.25) is 4.79 Å². The van der Waals surface area contributed by atoms with Crippen LogP contribution in [0.2, 0.25) is 5.02 Å². The van der Waals surface area contributed by atoms with Gasteiger partial charge in [0, 0.05) is 11.6 Å². The van der Waals surface area contributed by atoms with Gasteiger partial charge in [0.15, 0.2) is 0 Å². The number of rotatable bonds is 3. The van der Waals surface area contributed by atoms with Crippen molar-refractivity contribution in [2.45, 2.75) is 31.2 Å². The van der Waals surface area contributed by atoms with E-state index in [2.05, 4.69) is 21.2 Å². The summed E-state index contributed by atoms with van der Waals surface area (Å²) in [6, 6.07) is 2.72. The second-order valence-electron chi connectivity index (χ2n) is 5.53. The van der Waals surface area contributed by atoms with Gasteiger partial charge in [-0.1, -0.05) is 25.4 Å². The third kappa shape index (κ3) is 3.16. The SMILES string of the molecule is CC1(C)CC1NC(=O)c1cc(Cl)c(Br)c(S(N)(=O)=O)c1. The van der Waals surface area contributed by atoms with E-state index in [4.69, 9.17) is 16.7 Å². The first-order valence-electron chi connectivity index (χ1n) is 5.85. The Balaban J connectivity index is 2.34. The van der Waals surface area contributed by atoms with E-state index in [0.29, 0.717) is 0 Å². The molecule has 8 heteroatoms. The summed E-state index contributed by atoms with van der Waals surface area (Å²) in [5.74, 6) is -0.361. The lowest BCUT2D eigenvalue weighted by Gasteiger charge is -2.10. The van der Waals surface area contributed by atoms with Gasteiger partial charge in [-0.15, -0.1) is 0 Å². The first kappa shape index (κ1) is 15.8. The molecule has 0 saturated heterocycles. The number of carbonyl (C=O) groups excluding carboxylic acids is 1. The average molecular weight is 382 g/mol. The molecule has 0 spiro atoms. The zero-order valence-electron chi connectivity index (χ0n) is 10.9. The lowest BCUT2D eigenvalue weighted by atomic mass is 10.1. The van der Waals surface area contributed by atoms with Crippen LogP contribution in [0.25, 0.3) is 0 Å². The van der Waals surface area contributed by atoms with Crippen molar-refractivity contribution in [3.63, 3.8) is 0 Å². The predicted molar refractivity (Wildman–Crippen MR) is 80.2 cm³/mol. The van der Waals surface area contributed by atoms with Gasteiger partial charge in [0.2, 0.25) is 10.0 Å². The molecule has 0 aliphatic heterocycles. The molecule has 1 saturated carbocycles. The van der Waals surface area contributed by atoms with Crippen LogP contribution in [0, 0.1) is 5.41 Å². The molecule has 5 nitrogen and oxygen atoms in total. The Morgan fingerprint density at radius 1 is 1.50 bits per heavy atom. The zero-order chi connectivity index (χ0) is 15.3. The molecule has 1 atom stereocenters. The van der Waals surface area contributed by atoms with Crippen LogP contribution in [0.1, 0.15) is 30.6 Å². The third-order valence-electron chi connectivity index (χ3n) is 3.38. The number of benzene rings is 1. The maximum absolute atomic E-state index is 12.1. The lowest BCUT2D eigenvalue weighted by Crippen LogP contribution is -2.28. The van der Waals surface area contributed by atoms with Gasteiger partial charge in [-0.05, 0) is 39.9 Å². The molecule has 1 aliphatic carbocycles. The number of nitrogens with one attached hydrogen (secondary N) is 1. The van der Waals surface area contributed by atoms with Crippen LogP contribution < -0.4 is 10.5 Å². The number of hydrogen-bond acceptors (Lipinski definition) is 3. The standard InChI is InChI=1S/C12H14BrClN2O3S/c1-12(2)5-9(12)16-11(17)6-3-7(14)10(13)8(4-6)20(15,18)19/h3-4,9H,5H2,1-2H3,(H,16,17)(H2,15,18,19). The minimum absolute atomic E-state index is 0.0809. The summed E-state index contributed by atoms with van der Waals surface area (Å²) in [4.78, 5) is 11.9. The fourth-order valence-electron chi connectivity index (χ4n) is 1.86. The van der Waals surface area contributed by atoms with E-state index in [0.717, 1.165) is 6.42 Å². The van der Waals surface area contributed by atoms with Crippen molar-refractivity contribution in [3.05, 3.63) is 27.2 Å². The number of hydrogen-bond donors (Lipinski definition) is 2. The zero-order valence-corrected chi connectivity index (χ0v) is 14.1. The highest BCUT2D eigenvalue weighted by atomic mass is 79.9. The molecule has 1 unspecified atom stereocenters. The predicted octanol–water partition coefficient (Wildman–Crippen LogP) is 2.28. The number of sulfonamides is 1. The van der Waals surface area contributed by atoms with Crippen molar-refractivity contribution in [1.29, 1.82) is 0 Å². The number of halogens is 2. The summed E-state index contributed by atoms with van der Waals surface area (Å²) in [5.41, 5.74) is 0.252. The Morgan fingerprint density at radius 3 is 2.50 bits per heavy atom. The van der Waals surface area contributed by atoms with E-state index >= 15 is 0 Å². The quantitative estimate of drug-likeness (QED) is 0.841. The molecule has 3 N–H and O–H groups in total. The molecule has 1 fully saturated rings. The Kier molecular flexibility index (Phi) is 3.92. The molecule has 1 aromatic carbocycles. The monoisotopic (exact) mass is 380 g/mol.